The first-order valence-corrected chi connectivity index (χ1v) is 12.0. The van der Waals surface area contributed by atoms with Crippen molar-refractivity contribution in [2.24, 2.45) is 0 Å². The second kappa shape index (κ2) is 10.2. The third-order valence-corrected chi connectivity index (χ3v) is 6.79. The minimum absolute atomic E-state index is 0.0753. The Morgan fingerprint density at radius 2 is 2.08 bits per heavy atom. The summed E-state index contributed by atoms with van der Waals surface area (Å²) < 4.78 is 28.1. The molecule has 2 N–H and O–H groups in total. The predicted molar refractivity (Wildman–Crippen MR) is 134 cm³/mol. The van der Waals surface area contributed by atoms with Crippen LogP contribution in [0.3, 0.4) is 0 Å². The lowest BCUT2D eigenvalue weighted by atomic mass is 9.96. The molecule has 10 nitrogen and oxygen atoms in total. The van der Waals surface area contributed by atoms with E-state index in [4.69, 9.17) is 14.5 Å². The number of alkyl halides is 1. The maximum Gasteiger partial charge on any atom is 0.256 e. The molecule has 2 aliphatic rings. The molecular formula is C25H30FN7O3. The van der Waals surface area contributed by atoms with Gasteiger partial charge in [-0.15, -0.1) is 0 Å². The highest BCUT2D eigenvalue weighted by Gasteiger charge is 2.31. The van der Waals surface area contributed by atoms with Crippen LogP contribution in [0.1, 0.15) is 35.7 Å². The van der Waals surface area contributed by atoms with Crippen molar-refractivity contribution < 1.29 is 18.7 Å². The Morgan fingerprint density at radius 3 is 2.69 bits per heavy atom. The SMILES string of the molecule is CNC(=O)c1cnn2c(NC)cc(-c3cn(C4COCC4F)c4ncccc34)nc12.COC1CCC1. The average molecular weight is 496 g/mol. The lowest BCUT2D eigenvalue weighted by molar-refractivity contribution is 0.0412. The van der Waals surface area contributed by atoms with Gasteiger partial charge in [0.15, 0.2) is 5.65 Å². The molecule has 0 bridgehead atoms. The first-order valence-electron chi connectivity index (χ1n) is 12.0. The van der Waals surface area contributed by atoms with Crippen molar-refractivity contribution in [2.45, 2.75) is 37.6 Å². The number of aromatic nitrogens is 5. The summed E-state index contributed by atoms with van der Waals surface area (Å²) in [5.74, 6) is 0.395. The summed E-state index contributed by atoms with van der Waals surface area (Å²) in [4.78, 5) is 21.5. The van der Waals surface area contributed by atoms with Crippen molar-refractivity contribution in [3.63, 3.8) is 0 Å². The van der Waals surface area contributed by atoms with Gasteiger partial charge in [0.05, 0.1) is 37.3 Å². The molecule has 2 unspecified atom stereocenters. The summed E-state index contributed by atoms with van der Waals surface area (Å²) in [5, 5.41) is 10.8. The summed E-state index contributed by atoms with van der Waals surface area (Å²) in [6.07, 6.45) is 8.49. The molecule has 4 aromatic rings. The number of hydrogen-bond acceptors (Lipinski definition) is 7. The smallest absolute Gasteiger partial charge is 0.256 e. The monoisotopic (exact) mass is 495 g/mol. The molecule has 1 aliphatic carbocycles. The first kappa shape index (κ1) is 24.1. The van der Waals surface area contributed by atoms with Gasteiger partial charge in [-0.05, 0) is 31.4 Å². The number of halogens is 1. The van der Waals surface area contributed by atoms with Crippen LogP contribution in [-0.4, -0.2) is 76.8 Å². The van der Waals surface area contributed by atoms with Gasteiger partial charge in [-0.2, -0.15) is 9.61 Å². The highest BCUT2D eigenvalue weighted by Crippen LogP contribution is 2.35. The van der Waals surface area contributed by atoms with E-state index in [0.29, 0.717) is 41.1 Å². The van der Waals surface area contributed by atoms with E-state index in [2.05, 4.69) is 20.7 Å². The van der Waals surface area contributed by atoms with Gasteiger partial charge in [-0.25, -0.2) is 14.4 Å². The van der Waals surface area contributed by atoms with E-state index in [1.807, 2.05) is 29.0 Å². The third-order valence-electron chi connectivity index (χ3n) is 6.79. The van der Waals surface area contributed by atoms with Gasteiger partial charge in [0.1, 0.15) is 23.2 Å². The molecule has 0 spiro atoms. The molecule has 5 heterocycles. The minimum atomic E-state index is -1.10. The quantitative estimate of drug-likeness (QED) is 0.438. The van der Waals surface area contributed by atoms with Crippen LogP contribution >= 0.6 is 0 Å². The fourth-order valence-corrected chi connectivity index (χ4v) is 4.49. The second-order valence-corrected chi connectivity index (χ2v) is 8.88. The molecule has 1 saturated carbocycles. The van der Waals surface area contributed by atoms with Gasteiger partial charge in [-0.1, -0.05) is 0 Å². The van der Waals surface area contributed by atoms with Crippen LogP contribution in [0, 0.1) is 0 Å². The maximum atomic E-state index is 14.4. The fraction of sp³-hybridized carbons (Fsp3) is 0.440. The number of fused-ring (bicyclic) bond motifs is 2. The third kappa shape index (κ3) is 4.28. The van der Waals surface area contributed by atoms with Crippen LogP contribution in [0.15, 0.2) is 36.8 Å². The molecule has 1 aliphatic heterocycles. The van der Waals surface area contributed by atoms with Gasteiger partial charge in [0.25, 0.3) is 5.91 Å². The zero-order chi connectivity index (χ0) is 25.2. The summed E-state index contributed by atoms with van der Waals surface area (Å²) >= 11 is 0. The molecule has 1 saturated heterocycles. The zero-order valence-electron chi connectivity index (χ0n) is 20.6. The first-order chi connectivity index (χ1) is 17.5. The molecule has 2 atom stereocenters. The number of pyridine rings is 1. The average Bonchev–Trinajstić information content (AvgIpc) is 3.59. The van der Waals surface area contributed by atoms with Gasteiger partial charge < -0.3 is 24.7 Å². The Hall–Kier alpha value is -3.57. The Morgan fingerprint density at radius 1 is 1.25 bits per heavy atom. The number of amides is 1. The van der Waals surface area contributed by atoms with Gasteiger partial charge >= 0.3 is 0 Å². The lowest BCUT2D eigenvalue weighted by Crippen LogP contribution is -2.18. The van der Waals surface area contributed by atoms with E-state index in [1.165, 1.54) is 25.5 Å². The highest BCUT2D eigenvalue weighted by atomic mass is 19.1. The Balaban J connectivity index is 0.000000391. The lowest BCUT2D eigenvalue weighted by Gasteiger charge is -2.22. The van der Waals surface area contributed by atoms with E-state index in [9.17, 15) is 9.18 Å². The van der Waals surface area contributed by atoms with E-state index in [1.54, 1.807) is 31.9 Å². The number of nitrogens with one attached hydrogen (secondary N) is 2. The molecule has 0 aromatic carbocycles. The number of anilines is 1. The Bertz CT molecular complexity index is 1380. The van der Waals surface area contributed by atoms with Crippen molar-refractivity contribution in [1.29, 1.82) is 0 Å². The van der Waals surface area contributed by atoms with Gasteiger partial charge in [-0.3, -0.25) is 4.79 Å². The van der Waals surface area contributed by atoms with E-state index < -0.39 is 12.2 Å². The van der Waals surface area contributed by atoms with Crippen molar-refractivity contribution in [1.82, 2.24) is 29.5 Å². The molecular weight excluding hydrogens is 465 g/mol. The van der Waals surface area contributed by atoms with Crippen LogP contribution in [0.2, 0.25) is 0 Å². The summed E-state index contributed by atoms with van der Waals surface area (Å²) in [6.45, 7) is 0.366. The normalized spacial score (nSPS) is 19.7. The molecule has 1 amide bonds. The van der Waals surface area contributed by atoms with Crippen LogP contribution < -0.4 is 10.6 Å². The predicted octanol–water partition coefficient (Wildman–Crippen LogP) is 3.24. The van der Waals surface area contributed by atoms with E-state index in [0.717, 1.165) is 10.9 Å². The van der Waals surface area contributed by atoms with Crippen LogP contribution in [-0.2, 0) is 9.47 Å². The maximum absolute atomic E-state index is 14.4. The second-order valence-electron chi connectivity index (χ2n) is 8.88. The molecule has 36 heavy (non-hydrogen) atoms. The van der Waals surface area contributed by atoms with Gasteiger partial charge in [0, 0.05) is 50.6 Å². The summed E-state index contributed by atoms with van der Waals surface area (Å²) in [5.41, 5.74) is 2.88. The van der Waals surface area contributed by atoms with E-state index >= 15 is 0 Å². The van der Waals surface area contributed by atoms with Gasteiger partial charge in [0.2, 0.25) is 0 Å². The number of nitrogens with zero attached hydrogens (tertiary/aromatic N) is 5. The van der Waals surface area contributed by atoms with Crippen LogP contribution in [0.5, 0.6) is 0 Å². The number of hydrogen-bond donors (Lipinski definition) is 2. The largest absolute Gasteiger partial charge is 0.381 e. The topological polar surface area (TPSA) is 108 Å². The van der Waals surface area contributed by atoms with Crippen molar-refractivity contribution >= 4 is 28.4 Å². The number of carbonyl (C=O) groups is 1. The molecule has 4 aromatic heterocycles. The van der Waals surface area contributed by atoms with Crippen LogP contribution in [0.25, 0.3) is 27.9 Å². The highest BCUT2D eigenvalue weighted by molar-refractivity contribution is 6.00. The number of carbonyl (C=O) groups excluding carboxylic acids is 1. The van der Waals surface area contributed by atoms with Crippen molar-refractivity contribution in [3.8, 4) is 11.3 Å². The molecule has 6 rings (SSSR count). The number of rotatable bonds is 5. The van der Waals surface area contributed by atoms with Crippen molar-refractivity contribution in [3.05, 3.63) is 42.4 Å². The Labute approximate surface area is 207 Å². The summed E-state index contributed by atoms with van der Waals surface area (Å²) in [6, 6.07) is 5.16. The molecule has 2 fully saturated rings. The minimum Gasteiger partial charge on any atom is -0.381 e. The molecule has 0 radical (unpaired) electrons. The number of methoxy groups -OCH3 is 1. The van der Waals surface area contributed by atoms with Crippen LogP contribution in [0.4, 0.5) is 10.2 Å². The zero-order valence-corrected chi connectivity index (χ0v) is 20.6. The fourth-order valence-electron chi connectivity index (χ4n) is 4.49. The summed E-state index contributed by atoms with van der Waals surface area (Å²) in [7, 11) is 5.11. The van der Waals surface area contributed by atoms with Crippen molar-refractivity contribution in [2.75, 3.05) is 39.7 Å². The van der Waals surface area contributed by atoms with E-state index in [-0.39, 0.29) is 12.5 Å². The standard InChI is InChI=1S/C20H20FN7O2.C5H10O/c1-22-17-6-15(26-19-12(20(29)23-2)7-25-28(17)19)13-8-27(16-10-30-9-14(16)21)18-11(13)4-3-5-24-18;1-6-5-3-2-4-5/h3-8,14,16,22H,9-10H2,1-2H3,(H,23,29);5H,2-4H2,1H3. The molecule has 11 heteroatoms. The Kier molecular flexibility index (Phi) is 6.84. The molecule has 190 valence electrons. The number of ether oxygens (including phenoxy) is 2.